The molecule has 0 aliphatic heterocycles. The van der Waals surface area contributed by atoms with Crippen LogP contribution in [0.4, 0.5) is 0 Å². The van der Waals surface area contributed by atoms with Crippen LogP contribution in [0.25, 0.3) is 0 Å². The van der Waals surface area contributed by atoms with Gasteiger partial charge in [-0.25, -0.2) is 0 Å². The van der Waals surface area contributed by atoms with Crippen LogP contribution in [-0.2, 0) is 0 Å². The zero-order valence-electron chi connectivity index (χ0n) is 10.4. The monoisotopic (exact) mass is 296 g/mol. The number of allylic oxidation sites excluding steroid dienone is 1. The number of benzene rings is 1. The first-order valence-electron chi connectivity index (χ1n) is 6.34. The highest BCUT2D eigenvalue weighted by Gasteiger charge is 2.01. The molecule has 0 saturated carbocycles. The highest BCUT2D eigenvalue weighted by Crippen LogP contribution is 2.18. The van der Waals surface area contributed by atoms with E-state index in [4.69, 9.17) is 0 Å². The minimum absolute atomic E-state index is 0.478. The van der Waals surface area contributed by atoms with E-state index in [-0.39, 0.29) is 0 Å². The molecule has 1 aromatic rings. The van der Waals surface area contributed by atoms with E-state index in [1.165, 1.54) is 25.7 Å². The van der Waals surface area contributed by atoms with Crippen LogP contribution in [0.1, 0.15) is 50.7 Å². The molecule has 0 heterocycles. The van der Waals surface area contributed by atoms with Crippen molar-refractivity contribution in [2.45, 2.75) is 45.1 Å². The van der Waals surface area contributed by atoms with E-state index in [2.05, 4.69) is 28.9 Å². The molecule has 94 valence electrons. The van der Waals surface area contributed by atoms with E-state index in [0.717, 1.165) is 16.5 Å². The van der Waals surface area contributed by atoms with E-state index in [1.54, 1.807) is 0 Å². The van der Waals surface area contributed by atoms with Crippen molar-refractivity contribution in [2.24, 2.45) is 0 Å². The van der Waals surface area contributed by atoms with Crippen molar-refractivity contribution in [3.63, 3.8) is 0 Å². The lowest BCUT2D eigenvalue weighted by Crippen LogP contribution is -1.92. The van der Waals surface area contributed by atoms with Crippen LogP contribution < -0.4 is 0 Å². The molecule has 0 fully saturated rings. The van der Waals surface area contributed by atoms with Crippen molar-refractivity contribution in [1.29, 1.82) is 0 Å². The molecule has 0 aromatic heterocycles. The van der Waals surface area contributed by atoms with Gasteiger partial charge in [-0.1, -0.05) is 66.4 Å². The van der Waals surface area contributed by atoms with Gasteiger partial charge in [0, 0.05) is 4.47 Å². The molecule has 17 heavy (non-hydrogen) atoms. The fourth-order valence-corrected chi connectivity index (χ4v) is 1.95. The molecule has 1 nitrogen and oxygen atoms in total. The van der Waals surface area contributed by atoms with E-state index >= 15 is 0 Å². The van der Waals surface area contributed by atoms with Crippen molar-refractivity contribution < 1.29 is 5.11 Å². The topological polar surface area (TPSA) is 20.2 Å². The van der Waals surface area contributed by atoms with Gasteiger partial charge in [0.2, 0.25) is 0 Å². The Bertz CT molecular complexity index is 329. The molecular weight excluding hydrogens is 276 g/mol. The average Bonchev–Trinajstić information content (AvgIpc) is 2.34. The van der Waals surface area contributed by atoms with Gasteiger partial charge >= 0.3 is 0 Å². The molecule has 2 heteroatoms. The highest BCUT2D eigenvalue weighted by molar-refractivity contribution is 9.10. The van der Waals surface area contributed by atoms with Crippen LogP contribution in [-0.4, -0.2) is 5.11 Å². The van der Waals surface area contributed by atoms with Gasteiger partial charge in [-0.3, -0.25) is 0 Å². The molecule has 1 aromatic carbocycles. The van der Waals surface area contributed by atoms with Gasteiger partial charge in [-0.05, 0) is 30.5 Å². The van der Waals surface area contributed by atoms with Crippen molar-refractivity contribution in [1.82, 2.24) is 0 Å². The molecule has 0 radical (unpaired) electrons. The summed E-state index contributed by atoms with van der Waals surface area (Å²) in [6.07, 6.45) is 9.64. The van der Waals surface area contributed by atoms with E-state index in [0.29, 0.717) is 0 Å². The maximum Gasteiger partial charge on any atom is 0.0971 e. The molecule has 1 N–H and O–H groups in total. The van der Waals surface area contributed by atoms with Crippen molar-refractivity contribution in [3.05, 3.63) is 46.5 Å². The summed E-state index contributed by atoms with van der Waals surface area (Å²) < 4.78 is 1.04. The summed E-state index contributed by atoms with van der Waals surface area (Å²) in [5.74, 6) is 0. The van der Waals surface area contributed by atoms with Crippen LogP contribution in [0.3, 0.4) is 0 Å². The van der Waals surface area contributed by atoms with Gasteiger partial charge in [0.05, 0.1) is 6.10 Å². The molecular formula is C15H21BrO. The van der Waals surface area contributed by atoms with Gasteiger partial charge in [-0.2, -0.15) is 0 Å². The molecule has 0 aliphatic rings. The quantitative estimate of drug-likeness (QED) is 0.554. The molecule has 0 saturated heterocycles. The summed E-state index contributed by atoms with van der Waals surface area (Å²) in [4.78, 5) is 0. The van der Waals surface area contributed by atoms with E-state index in [9.17, 15) is 5.11 Å². The molecule has 1 unspecified atom stereocenters. The number of aliphatic hydroxyl groups excluding tert-OH is 1. The number of halogens is 1. The number of hydrogen-bond acceptors (Lipinski definition) is 1. The number of unbranched alkanes of at least 4 members (excludes halogenated alkanes) is 4. The Labute approximate surface area is 113 Å². The smallest absolute Gasteiger partial charge is 0.0971 e. The van der Waals surface area contributed by atoms with Crippen molar-refractivity contribution in [3.8, 4) is 0 Å². The SMILES string of the molecule is CCCCCC/C=C/C(O)c1ccc(Br)cc1. The zero-order chi connectivity index (χ0) is 12.5. The second-order valence-corrected chi connectivity index (χ2v) is 5.19. The van der Waals surface area contributed by atoms with Crippen LogP contribution >= 0.6 is 15.9 Å². The Morgan fingerprint density at radius 3 is 2.53 bits per heavy atom. The first kappa shape index (κ1) is 14.5. The summed E-state index contributed by atoms with van der Waals surface area (Å²) in [5, 5.41) is 9.91. The maximum atomic E-state index is 9.91. The first-order valence-corrected chi connectivity index (χ1v) is 7.13. The van der Waals surface area contributed by atoms with Crippen molar-refractivity contribution in [2.75, 3.05) is 0 Å². The average molecular weight is 297 g/mol. The van der Waals surface area contributed by atoms with Crippen molar-refractivity contribution >= 4 is 15.9 Å². The molecule has 1 rings (SSSR count). The highest BCUT2D eigenvalue weighted by atomic mass is 79.9. The second kappa shape index (κ2) is 8.48. The van der Waals surface area contributed by atoms with Gasteiger partial charge in [0.1, 0.15) is 0 Å². The maximum absolute atomic E-state index is 9.91. The van der Waals surface area contributed by atoms with E-state index in [1.807, 2.05) is 30.3 Å². The minimum atomic E-state index is -0.478. The molecule has 0 aliphatic carbocycles. The predicted molar refractivity (Wildman–Crippen MR) is 77.0 cm³/mol. The Kier molecular flexibility index (Phi) is 7.22. The summed E-state index contributed by atoms with van der Waals surface area (Å²) in [5.41, 5.74) is 0.943. The lowest BCUT2D eigenvalue weighted by atomic mass is 10.1. The Morgan fingerprint density at radius 2 is 1.88 bits per heavy atom. The number of rotatable bonds is 7. The second-order valence-electron chi connectivity index (χ2n) is 4.27. The lowest BCUT2D eigenvalue weighted by Gasteiger charge is -2.05. The minimum Gasteiger partial charge on any atom is -0.384 e. The molecule has 0 spiro atoms. The Hall–Kier alpha value is -0.600. The fourth-order valence-electron chi connectivity index (χ4n) is 1.69. The third-order valence-electron chi connectivity index (χ3n) is 2.75. The molecule has 0 amide bonds. The summed E-state index contributed by atoms with van der Waals surface area (Å²) in [6, 6.07) is 7.79. The van der Waals surface area contributed by atoms with Gasteiger partial charge in [0.25, 0.3) is 0 Å². The Morgan fingerprint density at radius 1 is 1.18 bits per heavy atom. The largest absolute Gasteiger partial charge is 0.384 e. The van der Waals surface area contributed by atoms with Crippen LogP contribution in [0.2, 0.25) is 0 Å². The van der Waals surface area contributed by atoms with Gasteiger partial charge in [-0.15, -0.1) is 0 Å². The zero-order valence-corrected chi connectivity index (χ0v) is 12.0. The molecule has 1 atom stereocenters. The third kappa shape index (κ3) is 6.04. The Balaban J connectivity index is 2.30. The van der Waals surface area contributed by atoms with Gasteiger partial charge in [0.15, 0.2) is 0 Å². The fraction of sp³-hybridized carbons (Fsp3) is 0.467. The summed E-state index contributed by atoms with van der Waals surface area (Å²) in [7, 11) is 0. The lowest BCUT2D eigenvalue weighted by molar-refractivity contribution is 0.228. The summed E-state index contributed by atoms with van der Waals surface area (Å²) in [6.45, 7) is 2.22. The number of hydrogen-bond donors (Lipinski definition) is 1. The first-order chi connectivity index (χ1) is 8.24. The van der Waals surface area contributed by atoms with Gasteiger partial charge < -0.3 is 5.11 Å². The van der Waals surface area contributed by atoms with Crippen LogP contribution in [0.5, 0.6) is 0 Å². The standard InChI is InChI=1S/C15H21BrO/c1-2-3-4-5-6-7-8-15(17)13-9-11-14(16)12-10-13/h7-12,15,17H,2-6H2,1H3/b8-7+. The normalized spacial score (nSPS) is 13.1. The molecule has 0 bridgehead atoms. The number of aliphatic hydroxyl groups is 1. The summed E-state index contributed by atoms with van der Waals surface area (Å²) >= 11 is 3.38. The third-order valence-corrected chi connectivity index (χ3v) is 3.28. The van der Waals surface area contributed by atoms with E-state index < -0.39 is 6.10 Å². The predicted octanol–water partition coefficient (Wildman–Crippen LogP) is 5.01. The van der Waals surface area contributed by atoms with Crippen LogP contribution in [0.15, 0.2) is 40.9 Å². The van der Waals surface area contributed by atoms with Crippen LogP contribution in [0, 0.1) is 0 Å².